The molecule has 1 aromatic rings. The second-order valence-electron chi connectivity index (χ2n) is 3.75. The van der Waals surface area contributed by atoms with Gasteiger partial charge in [0, 0.05) is 19.0 Å². The average molecular weight is 286 g/mol. The Morgan fingerprint density at radius 2 is 2.11 bits per heavy atom. The van der Waals surface area contributed by atoms with Crippen molar-refractivity contribution in [2.75, 3.05) is 19.0 Å². The highest BCUT2D eigenvalue weighted by molar-refractivity contribution is 6.18. The van der Waals surface area contributed by atoms with Crippen molar-refractivity contribution in [3.63, 3.8) is 0 Å². The number of rotatable bonds is 8. The van der Waals surface area contributed by atoms with Crippen molar-refractivity contribution in [1.29, 1.82) is 0 Å². The van der Waals surface area contributed by atoms with Crippen molar-refractivity contribution in [3.8, 4) is 0 Å². The van der Waals surface area contributed by atoms with Gasteiger partial charge < -0.3 is 15.7 Å². The molecule has 0 aliphatic carbocycles. The Morgan fingerprint density at radius 3 is 2.68 bits per heavy atom. The predicted molar refractivity (Wildman–Crippen MR) is 73.2 cm³/mol. The summed E-state index contributed by atoms with van der Waals surface area (Å²) in [6.07, 6.45) is 0.0683. The van der Waals surface area contributed by atoms with Gasteiger partial charge in [-0.1, -0.05) is 30.3 Å². The van der Waals surface area contributed by atoms with E-state index in [0.29, 0.717) is 12.4 Å². The van der Waals surface area contributed by atoms with Gasteiger partial charge in [-0.3, -0.25) is 10.1 Å². The molecule has 0 saturated carbocycles. The number of hydrogen-bond donors (Lipinski definition) is 3. The molecule has 0 heterocycles. The van der Waals surface area contributed by atoms with Gasteiger partial charge in [0.2, 0.25) is 0 Å². The lowest BCUT2D eigenvalue weighted by Gasteiger charge is -2.14. The van der Waals surface area contributed by atoms with Crippen LogP contribution in [0.1, 0.15) is 11.7 Å². The van der Waals surface area contributed by atoms with Crippen LogP contribution in [0.2, 0.25) is 0 Å². The molecule has 0 spiro atoms. The summed E-state index contributed by atoms with van der Waals surface area (Å²) in [6.45, 7) is 0.564. The Morgan fingerprint density at radius 1 is 1.42 bits per heavy atom. The molecule has 1 aromatic carbocycles. The number of aliphatic hydroxyl groups is 1. The van der Waals surface area contributed by atoms with Gasteiger partial charge in [-0.25, -0.2) is 0 Å². The van der Waals surface area contributed by atoms with E-state index in [9.17, 15) is 15.2 Å². The van der Waals surface area contributed by atoms with Crippen LogP contribution >= 0.6 is 11.6 Å². The van der Waals surface area contributed by atoms with E-state index in [-0.39, 0.29) is 12.4 Å². The van der Waals surface area contributed by atoms with Gasteiger partial charge in [-0.2, -0.15) is 0 Å². The zero-order valence-corrected chi connectivity index (χ0v) is 11.0. The zero-order chi connectivity index (χ0) is 14.1. The number of benzene rings is 1. The second kappa shape index (κ2) is 8.34. The SMILES string of the molecule is O=[N+]([O-])/C=C(\NCCCl)NCC(O)c1ccccc1. The first kappa shape index (κ1) is 15.3. The number of halogens is 1. The van der Waals surface area contributed by atoms with E-state index < -0.39 is 11.0 Å². The number of alkyl halides is 1. The van der Waals surface area contributed by atoms with Crippen molar-refractivity contribution >= 4 is 11.6 Å². The van der Waals surface area contributed by atoms with Crippen LogP contribution in [0.4, 0.5) is 0 Å². The summed E-state index contributed by atoms with van der Waals surface area (Å²) in [5, 5.41) is 25.9. The molecule has 0 saturated heterocycles. The lowest BCUT2D eigenvalue weighted by molar-refractivity contribution is -0.404. The zero-order valence-electron chi connectivity index (χ0n) is 10.3. The van der Waals surface area contributed by atoms with Crippen LogP contribution < -0.4 is 10.6 Å². The molecule has 104 valence electrons. The molecule has 7 heteroatoms. The topological polar surface area (TPSA) is 87.4 Å². The molecule has 19 heavy (non-hydrogen) atoms. The molecular weight excluding hydrogens is 270 g/mol. The van der Waals surface area contributed by atoms with Gasteiger partial charge in [0.25, 0.3) is 6.20 Å². The van der Waals surface area contributed by atoms with E-state index in [0.717, 1.165) is 11.8 Å². The van der Waals surface area contributed by atoms with Crippen LogP contribution in [0.3, 0.4) is 0 Å². The molecule has 3 N–H and O–H groups in total. The van der Waals surface area contributed by atoms with Crippen LogP contribution in [0, 0.1) is 10.1 Å². The molecule has 1 atom stereocenters. The first-order valence-corrected chi connectivity index (χ1v) is 6.29. The fourth-order valence-electron chi connectivity index (χ4n) is 1.44. The highest BCUT2D eigenvalue weighted by Gasteiger charge is 2.08. The summed E-state index contributed by atoms with van der Waals surface area (Å²) in [7, 11) is 0. The summed E-state index contributed by atoms with van der Waals surface area (Å²) in [6, 6.07) is 9.06. The van der Waals surface area contributed by atoms with Crippen molar-refractivity contribution in [1.82, 2.24) is 10.6 Å². The van der Waals surface area contributed by atoms with Gasteiger partial charge in [0.05, 0.1) is 11.0 Å². The highest BCUT2D eigenvalue weighted by atomic mass is 35.5. The Bertz CT molecular complexity index is 425. The minimum absolute atomic E-state index is 0.166. The maximum absolute atomic E-state index is 10.4. The molecule has 1 rings (SSSR count). The van der Waals surface area contributed by atoms with Gasteiger partial charge in [0.1, 0.15) is 0 Å². The average Bonchev–Trinajstić information content (AvgIpc) is 2.42. The third-order valence-corrected chi connectivity index (χ3v) is 2.50. The van der Waals surface area contributed by atoms with Crippen molar-refractivity contribution in [2.45, 2.75) is 6.10 Å². The Hall–Kier alpha value is -1.79. The molecule has 6 nitrogen and oxygen atoms in total. The smallest absolute Gasteiger partial charge is 0.274 e. The van der Waals surface area contributed by atoms with Gasteiger partial charge in [-0.05, 0) is 5.56 Å². The van der Waals surface area contributed by atoms with Crippen LogP contribution in [-0.2, 0) is 0 Å². The Labute approximate surface area is 116 Å². The predicted octanol–water partition coefficient (Wildman–Crippen LogP) is 1.21. The lowest BCUT2D eigenvalue weighted by Crippen LogP contribution is -2.31. The number of nitro groups is 1. The molecule has 1 unspecified atom stereocenters. The van der Waals surface area contributed by atoms with Crippen LogP contribution in [0.15, 0.2) is 42.4 Å². The molecular formula is C12H16ClN3O3. The van der Waals surface area contributed by atoms with E-state index in [1.54, 1.807) is 12.1 Å². The Balaban J connectivity index is 2.54. The van der Waals surface area contributed by atoms with Gasteiger partial charge in [-0.15, -0.1) is 11.6 Å². The minimum Gasteiger partial charge on any atom is -0.387 e. The number of nitrogens with zero attached hydrogens (tertiary/aromatic N) is 1. The molecule has 0 fully saturated rings. The minimum atomic E-state index is -0.742. The van der Waals surface area contributed by atoms with E-state index >= 15 is 0 Å². The van der Waals surface area contributed by atoms with Crippen molar-refractivity contribution < 1.29 is 10.0 Å². The highest BCUT2D eigenvalue weighted by Crippen LogP contribution is 2.10. The summed E-state index contributed by atoms with van der Waals surface area (Å²) in [5.74, 6) is 0.554. The van der Waals surface area contributed by atoms with Crippen molar-refractivity contribution in [3.05, 3.63) is 58.0 Å². The summed E-state index contributed by atoms with van der Waals surface area (Å²) in [5.41, 5.74) is 0.743. The largest absolute Gasteiger partial charge is 0.387 e. The summed E-state index contributed by atoms with van der Waals surface area (Å²) >= 11 is 5.50. The third kappa shape index (κ3) is 6.08. The molecule has 0 aromatic heterocycles. The fourth-order valence-corrected chi connectivity index (χ4v) is 1.54. The van der Waals surface area contributed by atoms with E-state index in [2.05, 4.69) is 10.6 Å². The maximum atomic E-state index is 10.4. The first-order chi connectivity index (χ1) is 9.13. The Kier molecular flexibility index (Phi) is 6.70. The van der Waals surface area contributed by atoms with Crippen molar-refractivity contribution in [2.24, 2.45) is 0 Å². The van der Waals surface area contributed by atoms with Crippen LogP contribution in [0.5, 0.6) is 0 Å². The molecule has 0 amide bonds. The quantitative estimate of drug-likeness (QED) is 0.380. The van der Waals surface area contributed by atoms with Gasteiger partial charge >= 0.3 is 0 Å². The van der Waals surface area contributed by atoms with Crippen LogP contribution in [0.25, 0.3) is 0 Å². The van der Waals surface area contributed by atoms with E-state index in [1.807, 2.05) is 18.2 Å². The van der Waals surface area contributed by atoms with E-state index in [1.165, 1.54) is 0 Å². The summed E-state index contributed by atoms with van der Waals surface area (Å²) < 4.78 is 0. The van der Waals surface area contributed by atoms with Crippen LogP contribution in [-0.4, -0.2) is 29.0 Å². The number of hydrogen-bond acceptors (Lipinski definition) is 5. The maximum Gasteiger partial charge on any atom is 0.274 e. The number of nitrogens with one attached hydrogen (secondary N) is 2. The lowest BCUT2D eigenvalue weighted by atomic mass is 10.1. The monoisotopic (exact) mass is 285 g/mol. The molecule has 0 aliphatic rings. The standard InChI is InChI=1S/C12H16ClN3O3/c13-6-7-14-12(9-16(18)19)15-8-11(17)10-4-2-1-3-5-10/h1-5,9,11,14-15,17H,6-8H2/b12-9+. The molecule has 0 aliphatic heterocycles. The van der Waals surface area contributed by atoms with Gasteiger partial charge in [0.15, 0.2) is 5.82 Å². The summed E-state index contributed by atoms with van der Waals surface area (Å²) in [4.78, 5) is 9.87. The molecule has 0 bridgehead atoms. The molecule has 0 radical (unpaired) electrons. The number of aliphatic hydroxyl groups excluding tert-OH is 1. The normalized spacial score (nSPS) is 12.8. The van der Waals surface area contributed by atoms with E-state index in [4.69, 9.17) is 11.6 Å². The third-order valence-electron chi connectivity index (χ3n) is 2.31. The first-order valence-electron chi connectivity index (χ1n) is 5.75. The second-order valence-corrected chi connectivity index (χ2v) is 4.13. The fraction of sp³-hybridized carbons (Fsp3) is 0.333.